The number of aliphatic hydroxyl groups excluding tert-OH is 5. The number of esters is 1. The lowest BCUT2D eigenvalue weighted by Crippen LogP contribution is -2.45. The molecule has 0 saturated heterocycles. The SMILES string of the molecule is COC(=O)/C=C/[C@@H](O)[C@@H](O)[C@H](O)[C@H](O)CO. The van der Waals surface area contributed by atoms with Gasteiger partial charge in [0.1, 0.15) is 24.4 Å². The molecule has 94 valence electrons. The van der Waals surface area contributed by atoms with E-state index in [1.54, 1.807) is 0 Å². The Hall–Kier alpha value is -0.990. The molecule has 0 spiro atoms. The fraction of sp³-hybridized carbons (Fsp3) is 0.667. The Balaban J connectivity index is 4.32. The highest BCUT2D eigenvalue weighted by molar-refractivity contribution is 5.81. The first-order valence-corrected chi connectivity index (χ1v) is 4.53. The first-order valence-electron chi connectivity index (χ1n) is 4.53. The summed E-state index contributed by atoms with van der Waals surface area (Å²) in [7, 11) is 1.14. The average Bonchev–Trinajstić information content (AvgIpc) is 2.32. The highest BCUT2D eigenvalue weighted by Crippen LogP contribution is 2.06. The summed E-state index contributed by atoms with van der Waals surface area (Å²) in [6.07, 6.45) is -4.80. The van der Waals surface area contributed by atoms with Crippen molar-refractivity contribution in [3.05, 3.63) is 12.2 Å². The van der Waals surface area contributed by atoms with Gasteiger partial charge in [-0.2, -0.15) is 0 Å². The van der Waals surface area contributed by atoms with Crippen LogP contribution in [0.4, 0.5) is 0 Å². The summed E-state index contributed by atoms with van der Waals surface area (Å²) in [6, 6.07) is 0. The van der Waals surface area contributed by atoms with Gasteiger partial charge in [0.05, 0.1) is 13.7 Å². The molecule has 0 aromatic heterocycles. The van der Waals surface area contributed by atoms with E-state index < -0.39 is 37.0 Å². The van der Waals surface area contributed by atoms with Crippen molar-refractivity contribution in [3.63, 3.8) is 0 Å². The van der Waals surface area contributed by atoms with Crippen LogP contribution < -0.4 is 0 Å². The van der Waals surface area contributed by atoms with Gasteiger partial charge in [-0.3, -0.25) is 0 Å². The molecule has 0 amide bonds. The molecule has 0 aliphatic rings. The van der Waals surface area contributed by atoms with Crippen LogP contribution in [0.1, 0.15) is 0 Å². The Morgan fingerprint density at radius 1 is 1.25 bits per heavy atom. The zero-order valence-electron chi connectivity index (χ0n) is 8.72. The third-order valence-electron chi connectivity index (χ3n) is 1.91. The topological polar surface area (TPSA) is 127 Å². The summed E-state index contributed by atoms with van der Waals surface area (Å²) in [5.41, 5.74) is 0. The summed E-state index contributed by atoms with van der Waals surface area (Å²) < 4.78 is 4.24. The number of methoxy groups -OCH3 is 1. The lowest BCUT2D eigenvalue weighted by atomic mass is 10.0. The summed E-state index contributed by atoms with van der Waals surface area (Å²) >= 11 is 0. The second-order valence-corrected chi connectivity index (χ2v) is 3.10. The van der Waals surface area contributed by atoms with Crippen LogP contribution in [-0.4, -0.2) is 69.6 Å². The van der Waals surface area contributed by atoms with E-state index in [-0.39, 0.29) is 0 Å². The van der Waals surface area contributed by atoms with Gasteiger partial charge in [0.15, 0.2) is 0 Å². The van der Waals surface area contributed by atoms with Crippen molar-refractivity contribution in [1.82, 2.24) is 0 Å². The molecule has 16 heavy (non-hydrogen) atoms. The van der Waals surface area contributed by atoms with Crippen molar-refractivity contribution in [2.24, 2.45) is 0 Å². The van der Waals surface area contributed by atoms with Crippen molar-refractivity contribution in [2.75, 3.05) is 13.7 Å². The van der Waals surface area contributed by atoms with Crippen molar-refractivity contribution in [2.45, 2.75) is 24.4 Å². The Morgan fingerprint density at radius 3 is 2.25 bits per heavy atom. The van der Waals surface area contributed by atoms with Crippen LogP contribution in [0, 0.1) is 0 Å². The molecule has 0 saturated carbocycles. The summed E-state index contributed by atoms with van der Waals surface area (Å²) in [5, 5.41) is 45.3. The van der Waals surface area contributed by atoms with Crippen LogP contribution in [0.3, 0.4) is 0 Å². The van der Waals surface area contributed by atoms with Crippen LogP contribution in [0.25, 0.3) is 0 Å². The number of hydrogen-bond donors (Lipinski definition) is 5. The van der Waals surface area contributed by atoms with Crippen LogP contribution in [0.15, 0.2) is 12.2 Å². The zero-order valence-corrected chi connectivity index (χ0v) is 8.72. The standard InChI is InChI=1S/C9H16O7/c1-16-7(13)3-2-5(11)8(14)9(15)6(12)4-10/h2-3,5-6,8-12,14-15H,4H2,1H3/b3-2+/t5-,6-,8-,9-/m1/s1. The summed E-state index contributed by atoms with van der Waals surface area (Å²) in [4.78, 5) is 10.6. The van der Waals surface area contributed by atoms with Gasteiger partial charge in [0.25, 0.3) is 0 Å². The van der Waals surface area contributed by atoms with Crippen LogP contribution >= 0.6 is 0 Å². The molecule has 0 aliphatic carbocycles. The van der Waals surface area contributed by atoms with Gasteiger partial charge < -0.3 is 30.3 Å². The van der Waals surface area contributed by atoms with Gasteiger partial charge in [-0.15, -0.1) is 0 Å². The van der Waals surface area contributed by atoms with Crippen LogP contribution in [-0.2, 0) is 9.53 Å². The fourth-order valence-corrected chi connectivity index (χ4v) is 0.897. The number of carbonyl (C=O) groups is 1. The smallest absolute Gasteiger partial charge is 0.330 e. The minimum atomic E-state index is -1.72. The third kappa shape index (κ3) is 4.69. The van der Waals surface area contributed by atoms with Crippen molar-refractivity contribution in [1.29, 1.82) is 0 Å². The molecule has 0 aliphatic heterocycles. The average molecular weight is 236 g/mol. The van der Waals surface area contributed by atoms with E-state index in [2.05, 4.69) is 4.74 Å². The minimum Gasteiger partial charge on any atom is -0.466 e. The van der Waals surface area contributed by atoms with Crippen molar-refractivity contribution >= 4 is 5.97 Å². The number of aliphatic hydroxyl groups is 5. The minimum absolute atomic E-state index is 0.733. The number of carbonyl (C=O) groups excluding carboxylic acids is 1. The first-order chi connectivity index (χ1) is 7.43. The molecule has 0 aromatic carbocycles. The molecule has 4 atom stereocenters. The van der Waals surface area contributed by atoms with Gasteiger partial charge in [0.2, 0.25) is 0 Å². The second kappa shape index (κ2) is 7.31. The number of rotatable bonds is 6. The van der Waals surface area contributed by atoms with Gasteiger partial charge in [-0.25, -0.2) is 4.79 Å². The second-order valence-electron chi connectivity index (χ2n) is 3.10. The van der Waals surface area contributed by atoms with E-state index >= 15 is 0 Å². The van der Waals surface area contributed by atoms with E-state index in [9.17, 15) is 20.1 Å². The Kier molecular flexibility index (Phi) is 6.86. The van der Waals surface area contributed by atoms with E-state index in [1.165, 1.54) is 0 Å². The van der Waals surface area contributed by atoms with Crippen molar-refractivity contribution in [3.8, 4) is 0 Å². The summed E-state index contributed by atoms with van der Waals surface area (Å²) in [6.45, 7) is -0.758. The normalized spacial score (nSPS) is 19.1. The fourth-order valence-electron chi connectivity index (χ4n) is 0.897. The molecule has 5 N–H and O–H groups in total. The predicted octanol–water partition coefficient (Wildman–Crippen LogP) is -2.85. The maximum atomic E-state index is 10.6. The van der Waals surface area contributed by atoms with Gasteiger partial charge in [0, 0.05) is 6.08 Å². The maximum absolute atomic E-state index is 10.6. The predicted molar refractivity (Wildman–Crippen MR) is 52.3 cm³/mol. The highest BCUT2D eigenvalue weighted by atomic mass is 16.5. The van der Waals surface area contributed by atoms with Gasteiger partial charge in [-0.1, -0.05) is 0 Å². The molecule has 0 unspecified atom stereocenters. The van der Waals surface area contributed by atoms with Crippen LogP contribution in [0.2, 0.25) is 0 Å². The number of ether oxygens (including phenoxy) is 1. The van der Waals surface area contributed by atoms with Gasteiger partial charge in [-0.05, 0) is 6.08 Å². The number of hydrogen-bond acceptors (Lipinski definition) is 7. The quantitative estimate of drug-likeness (QED) is 0.248. The van der Waals surface area contributed by atoms with Crippen LogP contribution in [0.5, 0.6) is 0 Å². The molecule has 0 fully saturated rings. The van der Waals surface area contributed by atoms with E-state index in [4.69, 9.17) is 10.2 Å². The first kappa shape index (κ1) is 15.0. The molecule has 7 heteroatoms. The largest absolute Gasteiger partial charge is 0.466 e. The molecule has 0 aromatic rings. The molecular weight excluding hydrogens is 220 g/mol. The Morgan fingerprint density at radius 2 is 1.81 bits per heavy atom. The lowest BCUT2D eigenvalue weighted by Gasteiger charge is -2.23. The highest BCUT2D eigenvalue weighted by Gasteiger charge is 2.28. The Labute approximate surface area is 92.2 Å². The van der Waals surface area contributed by atoms with E-state index in [1.807, 2.05) is 0 Å². The monoisotopic (exact) mass is 236 g/mol. The molecule has 0 bridgehead atoms. The lowest BCUT2D eigenvalue weighted by molar-refractivity contribution is -0.135. The zero-order chi connectivity index (χ0) is 12.7. The molecule has 7 nitrogen and oxygen atoms in total. The molecular formula is C9H16O7. The molecule has 0 heterocycles. The maximum Gasteiger partial charge on any atom is 0.330 e. The Bertz CT molecular complexity index is 240. The van der Waals surface area contributed by atoms with Crippen molar-refractivity contribution < 1.29 is 35.1 Å². The van der Waals surface area contributed by atoms with Gasteiger partial charge >= 0.3 is 5.97 Å². The van der Waals surface area contributed by atoms with E-state index in [0.29, 0.717) is 0 Å². The van der Waals surface area contributed by atoms with E-state index in [0.717, 1.165) is 19.3 Å². The molecule has 0 rings (SSSR count). The molecule has 0 radical (unpaired) electrons. The third-order valence-corrected chi connectivity index (χ3v) is 1.91. The summed E-state index contributed by atoms with van der Waals surface area (Å²) in [5.74, 6) is -0.733.